The molecular weight excluding hydrogens is 380 g/mol. The van der Waals surface area contributed by atoms with Gasteiger partial charge in [-0.05, 0) is 29.7 Å². The zero-order valence-electron chi connectivity index (χ0n) is 15.8. The minimum Gasteiger partial charge on any atom is -0.311 e. The van der Waals surface area contributed by atoms with Crippen molar-refractivity contribution in [3.63, 3.8) is 0 Å². The van der Waals surface area contributed by atoms with E-state index in [1.165, 1.54) is 11.3 Å². The first kappa shape index (κ1) is 19.8. The minimum absolute atomic E-state index is 0.00889. The number of anilines is 2. The van der Waals surface area contributed by atoms with Gasteiger partial charge in [-0.15, -0.1) is 10.2 Å². The first-order chi connectivity index (χ1) is 13.0. The van der Waals surface area contributed by atoms with Crippen LogP contribution in [0.3, 0.4) is 0 Å². The van der Waals surface area contributed by atoms with Crippen LogP contribution in [0.5, 0.6) is 0 Å². The van der Waals surface area contributed by atoms with Gasteiger partial charge in [0.1, 0.15) is 0 Å². The van der Waals surface area contributed by atoms with Crippen molar-refractivity contribution in [3.05, 3.63) is 29.8 Å². The fraction of sp³-hybridized carbons (Fsp3) is 0.474. The molecule has 0 saturated carbocycles. The summed E-state index contributed by atoms with van der Waals surface area (Å²) in [5.74, 6) is 0.706. The molecule has 1 saturated heterocycles. The van der Waals surface area contributed by atoms with Crippen molar-refractivity contribution < 1.29 is 9.59 Å². The Morgan fingerprint density at radius 1 is 1.37 bits per heavy atom. The highest BCUT2D eigenvalue weighted by Gasteiger charge is 2.36. The first-order valence-corrected chi connectivity index (χ1v) is 11.0. The van der Waals surface area contributed by atoms with Crippen LogP contribution in [0.2, 0.25) is 0 Å². The average Bonchev–Trinajstić information content (AvgIpc) is 3.27. The predicted molar refractivity (Wildman–Crippen MR) is 111 cm³/mol. The highest BCUT2D eigenvalue weighted by Crippen LogP contribution is 2.34. The van der Waals surface area contributed by atoms with Crippen molar-refractivity contribution in [1.82, 2.24) is 10.2 Å². The highest BCUT2D eigenvalue weighted by molar-refractivity contribution is 8.01. The number of hydrogen-bond donors (Lipinski definition) is 1. The zero-order chi connectivity index (χ0) is 19.4. The van der Waals surface area contributed by atoms with E-state index in [0.717, 1.165) is 27.8 Å². The summed E-state index contributed by atoms with van der Waals surface area (Å²) in [5.41, 5.74) is 2.07. The van der Waals surface area contributed by atoms with Crippen LogP contribution in [0.4, 0.5) is 10.8 Å². The Bertz CT molecular complexity index is 824. The number of aromatic nitrogens is 2. The monoisotopic (exact) mass is 404 g/mol. The Morgan fingerprint density at radius 2 is 2.15 bits per heavy atom. The molecule has 1 aliphatic heterocycles. The van der Waals surface area contributed by atoms with Crippen LogP contribution in [0.25, 0.3) is 0 Å². The summed E-state index contributed by atoms with van der Waals surface area (Å²) in [6.45, 7) is 6.73. The summed E-state index contributed by atoms with van der Waals surface area (Å²) in [5, 5.41) is 11.4. The number of rotatable bonds is 7. The Hall–Kier alpha value is -1.93. The number of carbonyl (C=O) groups excluding carboxylic acids is 2. The van der Waals surface area contributed by atoms with Gasteiger partial charge in [0.25, 0.3) is 0 Å². The van der Waals surface area contributed by atoms with E-state index in [4.69, 9.17) is 0 Å². The van der Waals surface area contributed by atoms with Gasteiger partial charge in [-0.25, -0.2) is 0 Å². The number of carbonyl (C=O) groups is 2. The van der Waals surface area contributed by atoms with Crippen LogP contribution < -0.4 is 10.2 Å². The van der Waals surface area contributed by atoms with Crippen molar-refractivity contribution in [2.45, 2.75) is 43.9 Å². The maximum Gasteiger partial charge on any atom is 0.231 e. The second-order valence-corrected chi connectivity index (χ2v) is 9.06. The number of amides is 2. The first-order valence-electron chi connectivity index (χ1n) is 9.19. The molecule has 0 bridgehead atoms. The van der Waals surface area contributed by atoms with Crippen molar-refractivity contribution in [2.75, 3.05) is 22.5 Å². The van der Waals surface area contributed by atoms with Crippen molar-refractivity contribution in [2.24, 2.45) is 5.92 Å². The molecule has 2 amide bonds. The van der Waals surface area contributed by atoms with E-state index in [9.17, 15) is 9.59 Å². The Morgan fingerprint density at radius 3 is 2.89 bits per heavy atom. The van der Waals surface area contributed by atoms with E-state index in [2.05, 4.69) is 35.4 Å². The van der Waals surface area contributed by atoms with Gasteiger partial charge in [-0.2, -0.15) is 0 Å². The fourth-order valence-electron chi connectivity index (χ4n) is 3.14. The second-order valence-electron chi connectivity index (χ2n) is 6.57. The number of hydrogen-bond acceptors (Lipinski definition) is 6. The van der Waals surface area contributed by atoms with Gasteiger partial charge < -0.3 is 10.2 Å². The molecule has 3 rings (SSSR count). The molecule has 1 aromatic carbocycles. The van der Waals surface area contributed by atoms with Crippen molar-refractivity contribution in [3.8, 4) is 0 Å². The number of nitrogens with one attached hydrogen (secondary N) is 1. The van der Waals surface area contributed by atoms with Gasteiger partial charge in [0, 0.05) is 18.7 Å². The summed E-state index contributed by atoms with van der Waals surface area (Å²) in [6.07, 6.45) is 1.22. The number of thioether (sulfide) groups is 1. The third-order valence-electron chi connectivity index (χ3n) is 4.77. The molecule has 1 N–H and O–H groups in total. The van der Waals surface area contributed by atoms with Crippen LogP contribution in [-0.4, -0.2) is 34.3 Å². The standard InChI is InChI=1S/C19H24N4O2S2/c1-4-12(3)14-8-6-7-9-15(14)23-11-13(10-16(23)24)17(25)20-18-21-22-19(27-18)26-5-2/h6-9,12-13H,4-5,10-11H2,1-3H3,(H,20,21,25)/t12-,13+/m0/s1. The summed E-state index contributed by atoms with van der Waals surface area (Å²) < 4.78 is 0.833. The normalized spacial score (nSPS) is 18.0. The SMILES string of the molecule is CCSc1nnc(NC(=O)[C@@H]2CC(=O)N(c3ccccc3[C@@H](C)CC)C2)s1. The molecule has 2 heterocycles. The largest absolute Gasteiger partial charge is 0.311 e. The maximum absolute atomic E-state index is 12.6. The lowest BCUT2D eigenvalue weighted by Crippen LogP contribution is -2.29. The molecule has 2 atom stereocenters. The van der Waals surface area contributed by atoms with Gasteiger partial charge in [-0.3, -0.25) is 9.59 Å². The smallest absolute Gasteiger partial charge is 0.231 e. The van der Waals surface area contributed by atoms with Gasteiger partial charge in [-0.1, -0.05) is 62.1 Å². The zero-order valence-corrected chi connectivity index (χ0v) is 17.4. The molecule has 144 valence electrons. The lowest BCUT2D eigenvalue weighted by molar-refractivity contribution is -0.122. The molecule has 2 aromatic rings. The molecule has 1 aliphatic rings. The van der Waals surface area contributed by atoms with E-state index < -0.39 is 0 Å². The molecular formula is C19H24N4O2S2. The summed E-state index contributed by atoms with van der Waals surface area (Å²) in [7, 11) is 0. The molecule has 0 radical (unpaired) electrons. The maximum atomic E-state index is 12.6. The minimum atomic E-state index is -0.381. The second kappa shape index (κ2) is 8.84. The topological polar surface area (TPSA) is 75.2 Å². The van der Waals surface area contributed by atoms with Crippen molar-refractivity contribution in [1.29, 1.82) is 0 Å². The number of nitrogens with zero attached hydrogens (tertiary/aromatic N) is 3. The molecule has 6 nitrogen and oxygen atoms in total. The van der Waals surface area contributed by atoms with E-state index in [1.807, 2.05) is 25.1 Å². The molecule has 27 heavy (non-hydrogen) atoms. The van der Waals surface area contributed by atoms with E-state index in [0.29, 0.717) is 17.6 Å². The summed E-state index contributed by atoms with van der Waals surface area (Å²) in [4.78, 5) is 27.0. The molecule has 1 aromatic heterocycles. The summed E-state index contributed by atoms with van der Waals surface area (Å²) >= 11 is 2.95. The van der Waals surface area contributed by atoms with Crippen LogP contribution in [0, 0.1) is 5.92 Å². The lowest BCUT2D eigenvalue weighted by Gasteiger charge is -2.23. The lowest BCUT2D eigenvalue weighted by atomic mass is 9.96. The van der Waals surface area contributed by atoms with Crippen LogP contribution in [-0.2, 0) is 9.59 Å². The number of para-hydroxylation sites is 1. The molecule has 0 aliphatic carbocycles. The van der Waals surface area contributed by atoms with Gasteiger partial charge in [0.15, 0.2) is 4.34 Å². The molecule has 1 fully saturated rings. The quantitative estimate of drug-likeness (QED) is 0.554. The third kappa shape index (κ3) is 4.50. The molecule has 0 spiro atoms. The van der Waals surface area contributed by atoms with Crippen molar-refractivity contribution >= 4 is 45.7 Å². The van der Waals surface area contributed by atoms with E-state index in [-0.39, 0.29) is 24.2 Å². The Labute approximate surface area is 167 Å². The van der Waals surface area contributed by atoms with Gasteiger partial charge in [0.05, 0.1) is 5.92 Å². The van der Waals surface area contributed by atoms with E-state index in [1.54, 1.807) is 16.7 Å². The van der Waals surface area contributed by atoms with Crippen LogP contribution in [0.1, 0.15) is 45.1 Å². The highest BCUT2D eigenvalue weighted by atomic mass is 32.2. The Balaban J connectivity index is 1.71. The van der Waals surface area contributed by atoms with E-state index >= 15 is 0 Å². The van der Waals surface area contributed by atoms with Gasteiger partial charge in [0.2, 0.25) is 16.9 Å². The van der Waals surface area contributed by atoms with Gasteiger partial charge >= 0.3 is 0 Å². The average molecular weight is 405 g/mol. The Kier molecular flexibility index (Phi) is 6.49. The number of benzene rings is 1. The fourth-order valence-corrected chi connectivity index (χ4v) is 4.79. The summed E-state index contributed by atoms with van der Waals surface area (Å²) in [6, 6.07) is 7.98. The predicted octanol–water partition coefficient (Wildman–Crippen LogP) is 4.16. The van der Waals surface area contributed by atoms with Crippen LogP contribution >= 0.6 is 23.1 Å². The third-order valence-corrected chi connectivity index (χ3v) is 6.63. The molecule has 8 heteroatoms. The van der Waals surface area contributed by atoms with Crippen LogP contribution in [0.15, 0.2) is 28.6 Å². The molecule has 0 unspecified atom stereocenters.